The minimum atomic E-state index is 0.00536. The van der Waals surface area contributed by atoms with Gasteiger partial charge in [-0.25, -0.2) is 4.79 Å². The highest BCUT2D eigenvalue weighted by molar-refractivity contribution is 5.94. The molecule has 1 heterocycles. The Bertz CT molecular complexity index is 428. The predicted octanol–water partition coefficient (Wildman–Crippen LogP) is 2.18. The smallest absolute Gasteiger partial charge is 0.321 e. The van der Waals surface area contributed by atoms with Gasteiger partial charge < -0.3 is 10.6 Å². The van der Waals surface area contributed by atoms with Crippen molar-refractivity contribution in [2.45, 2.75) is 25.3 Å². The van der Waals surface area contributed by atoms with Gasteiger partial charge in [-0.1, -0.05) is 6.07 Å². The predicted molar refractivity (Wildman–Crippen MR) is 68.4 cm³/mol. The van der Waals surface area contributed by atoms with E-state index in [2.05, 4.69) is 22.8 Å². The third kappa shape index (κ3) is 2.07. The van der Waals surface area contributed by atoms with E-state index in [1.165, 1.54) is 19.3 Å². The summed E-state index contributed by atoms with van der Waals surface area (Å²) < 4.78 is 0. The highest BCUT2D eigenvalue weighted by atomic mass is 16.2. The number of hydrogen-bond acceptors (Lipinski definition) is 2. The Labute approximate surface area is 101 Å². The number of nitrogens with one attached hydrogen (secondary N) is 2. The van der Waals surface area contributed by atoms with E-state index < -0.39 is 0 Å². The number of urea groups is 1. The van der Waals surface area contributed by atoms with Crippen LogP contribution in [-0.4, -0.2) is 25.2 Å². The van der Waals surface area contributed by atoms with Gasteiger partial charge in [-0.15, -0.1) is 0 Å². The van der Waals surface area contributed by atoms with Crippen molar-refractivity contribution in [2.75, 3.05) is 23.3 Å². The fourth-order valence-corrected chi connectivity index (χ4v) is 2.27. The van der Waals surface area contributed by atoms with Crippen molar-refractivity contribution in [2.24, 2.45) is 0 Å². The van der Waals surface area contributed by atoms with Crippen molar-refractivity contribution < 1.29 is 4.79 Å². The van der Waals surface area contributed by atoms with Crippen LogP contribution >= 0.6 is 0 Å². The Morgan fingerprint density at radius 2 is 2.24 bits per heavy atom. The molecule has 2 amide bonds. The number of nitrogens with zero attached hydrogens (tertiary/aromatic N) is 1. The van der Waals surface area contributed by atoms with Crippen LogP contribution in [0.3, 0.4) is 0 Å². The maximum absolute atomic E-state index is 11.6. The Kier molecular flexibility index (Phi) is 2.63. The molecule has 2 fully saturated rings. The first-order valence-corrected chi connectivity index (χ1v) is 6.25. The minimum absolute atomic E-state index is 0.00536. The van der Waals surface area contributed by atoms with Gasteiger partial charge in [-0.3, -0.25) is 4.90 Å². The van der Waals surface area contributed by atoms with E-state index in [1.807, 2.05) is 12.1 Å². The summed E-state index contributed by atoms with van der Waals surface area (Å²) in [5, 5.41) is 6.32. The average Bonchev–Trinajstić information content (AvgIpc) is 2.71. The van der Waals surface area contributed by atoms with E-state index in [0.717, 1.165) is 24.5 Å². The third-order valence-electron chi connectivity index (χ3n) is 3.49. The van der Waals surface area contributed by atoms with Crippen LogP contribution in [0.1, 0.15) is 19.3 Å². The zero-order valence-corrected chi connectivity index (χ0v) is 9.78. The quantitative estimate of drug-likeness (QED) is 0.837. The Morgan fingerprint density at radius 1 is 1.35 bits per heavy atom. The van der Waals surface area contributed by atoms with Gasteiger partial charge in [0, 0.05) is 30.5 Å². The van der Waals surface area contributed by atoms with Crippen molar-refractivity contribution in [3.8, 4) is 0 Å². The standard InChI is InChI=1S/C13H17N3O/c17-13-14-7-8-16(13)12-6-2-5-11(9-12)15-10-3-1-4-10/h2,5-6,9-10,15H,1,3-4,7-8H2,(H,14,17). The molecule has 0 atom stereocenters. The van der Waals surface area contributed by atoms with E-state index in [4.69, 9.17) is 0 Å². The molecule has 4 nitrogen and oxygen atoms in total. The molecule has 90 valence electrons. The molecule has 2 aliphatic rings. The van der Waals surface area contributed by atoms with Crippen LogP contribution in [0, 0.1) is 0 Å². The zero-order valence-electron chi connectivity index (χ0n) is 9.78. The lowest BCUT2D eigenvalue weighted by Crippen LogP contribution is -2.29. The number of carbonyl (C=O) groups excluding carboxylic acids is 1. The summed E-state index contributed by atoms with van der Waals surface area (Å²) in [6.45, 7) is 1.49. The molecule has 0 aromatic heterocycles. The van der Waals surface area contributed by atoms with Crippen LogP contribution in [0.5, 0.6) is 0 Å². The average molecular weight is 231 g/mol. The summed E-state index contributed by atoms with van der Waals surface area (Å²) in [5.41, 5.74) is 2.09. The number of benzene rings is 1. The SMILES string of the molecule is O=C1NCCN1c1cccc(NC2CCC2)c1. The molecule has 1 saturated heterocycles. The number of rotatable bonds is 3. The van der Waals surface area contributed by atoms with Crippen molar-refractivity contribution in [1.29, 1.82) is 0 Å². The largest absolute Gasteiger partial charge is 0.382 e. The Balaban J connectivity index is 1.75. The first kappa shape index (κ1) is 10.4. The lowest BCUT2D eigenvalue weighted by molar-refractivity contribution is 0.252. The van der Waals surface area contributed by atoms with Gasteiger partial charge >= 0.3 is 6.03 Å². The number of hydrogen-bond donors (Lipinski definition) is 2. The van der Waals surface area contributed by atoms with Gasteiger partial charge in [0.25, 0.3) is 0 Å². The van der Waals surface area contributed by atoms with Crippen LogP contribution < -0.4 is 15.5 Å². The van der Waals surface area contributed by atoms with Crippen molar-refractivity contribution in [3.63, 3.8) is 0 Å². The molecular formula is C13H17N3O. The molecule has 0 bridgehead atoms. The Hall–Kier alpha value is -1.71. The van der Waals surface area contributed by atoms with Crippen LogP contribution in [0.2, 0.25) is 0 Å². The maximum atomic E-state index is 11.6. The lowest BCUT2D eigenvalue weighted by Gasteiger charge is -2.28. The molecule has 0 unspecified atom stereocenters. The second kappa shape index (κ2) is 4.28. The van der Waals surface area contributed by atoms with Gasteiger partial charge in [-0.2, -0.15) is 0 Å². The molecule has 0 spiro atoms. The van der Waals surface area contributed by atoms with E-state index in [-0.39, 0.29) is 6.03 Å². The molecule has 1 aliphatic carbocycles. The van der Waals surface area contributed by atoms with Crippen molar-refractivity contribution >= 4 is 17.4 Å². The van der Waals surface area contributed by atoms with Gasteiger partial charge in [-0.05, 0) is 37.5 Å². The molecule has 2 N–H and O–H groups in total. The highest BCUT2D eigenvalue weighted by Crippen LogP contribution is 2.26. The monoisotopic (exact) mass is 231 g/mol. The van der Waals surface area contributed by atoms with Crippen molar-refractivity contribution in [3.05, 3.63) is 24.3 Å². The third-order valence-corrected chi connectivity index (χ3v) is 3.49. The fourth-order valence-electron chi connectivity index (χ4n) is 2.27. The summed E-state index contributed by atoms with van der Waals surface area (Å²) in [6.07, 6.45) is 3.84. The molecule has 1 aliphatic heterocycles. The molecule has 1 aromatic carbocycles. The number of amides is 2. The van der Waals surface area contributed by atoms with Gasteiger partial charge in [0.2, 0.25) is 0 Å². The molecule has 1 aromatic rings. The highest BCUT2D eigenvalue weighted by Gasteiger charge is 2.22. The van der Waals surface area contributed by atoms with Crippen LogP contribution in [0.4, 0.5) is 16.2 Å². The summed E-state index contributed by atoms with van der Waals surface area (Å²) in [7, 11) is 0. The van der Waals surface area contributed by atoms with Gasteiger partial charge in [0.05, 0.1) is 0 Å². The lowest BCUT2D eigenvalue weighted by atomic mass is 9.93. The number of carbonyl (C=O) groups is 1. The fraction of sp³-hybridized carbons (Fsp3) is 0.462. The second-order valence-electron chi connectivity index (χ2n) is 4.71. The van der Waals surface area contributed by atoms with Gasteiger partial charge in [0.15, 0.2) is 0 Å². The molecule has 4 heteroatoms. The second-order valence-corrected chi connectivity index (χ2v) is 4.71. The Morgan fingerprint density at radius 3 is 2.88 bits per heavy atom. The van der Waals surface area contributed by atoms with E-state index in [1.54, 1.807) is 4.90 Å². The summed E-state index contributed by atoms with van der Waals surface area (Å²) in [4.78, 5) is 13.4. The van der Waals surface area contributed by atoms with Crippen molar-refractivity contribution in [1.82, 2.24) is 5.32 Å². The number of anilines is 2. The van der Waals surface area contributed by atoms with Crippen LogP contribution in [0.25, 0.3) is 0 Å². The molecular weight excluding hydrogens is 214 g/mol. The summed E-state index contributed by atoms with van der Waals surface area (Å²) in [6, 6.07) is 8.74. The first-order chi connectivity index (χ1) is 8.33. The van der Waals surface area contributed by atoms with Crippen LogP contribution in [0.15, 0.2) is 24.3 Å². The molecule has 0 radical (unpaired) electrons. The topological polar surface area (TPSA) is 44.4 Å². The van der Waals surface area contributed by atoms with Crippen LogP contribution in [-0.2, 0) is 0 Å². The maximum Gasteiger partial charge on any atom is 0.321 e. The van der Waals surface area contributed by atoms with E-state index >= 15 is 0 Å². The first-order valence-electron chi connectivity index (χ1n) is 6.25. The van der Waals surface area contributed by atoms with E-state index in [0.29, 0.717) is 6.04 Å². The zero-order chi connectivity index (χ0) is 11.7. The molecule has 17 heavy (non-hydrogen) atoms. The molecule has 1 saturated carbocycles. The summed E-state index contributed by atoms with van der Waals surface area (Å²) >= 11 is 0. The van der Waals surface area contributed by atoms with Gasteiger partial charge in [0.1, 0.15) is 0 Å². The summed E-state index contributed by atoms with van der Waals surface area (Å²) in [5.74, 6) is 0. The minimum Gasteiger partial charge on any atom is -0.382 e. The molecule has 3 rings (SSSR count). The van der Waals surface area contributed by atoms with E-state index in [9.17, 15) is 4.79 Å². The normalized spacial score (nSPS) is 20.0.